The Kier molecular flexibility index (Phi) is 6.06. The molecule has 26 heavy (non-hydrogen) atoms. The quantitative estimate of drug-likeness (QED) is 0.513. The second-order valence-electron chi connectivity index (χ2n) is 5.69. The maximum Gasteiger partial charge on any atom is 0.152 e. The molecule has 0 unspecified atom stereocenters. The van der Waals surface area contributed by atoms with Crippen molar-refractivity contribution in [2.45, 2.75) is 0 Å². The Morgan fingerprint density at radius 2 is 1.65 bits per heavy atom. The first-order valence-electron chi connectivity index (χ1n) is 8.24. The third kappa shape index (κ3) is 3.96. The molecule has 0 amide bonds. The van der Waals surface area contributed by atoms with Gasteiger partial charge in [0.2, 0.25) is 0 Å². The fourth-order valence-corrected chi connectivity index (χ4v) is 2.84. The molecule has 0 atom stereocenters. The summed E-state index contributed by atoms with van der Waals surface area (Å²) in [6.45, 7) is 0. The summed E-state index contributed by atoms with van der Waals surface area (Å²) in [4.78, 5) is 4.69. The third-order valence-corrected chi connectivity index (χ3v) is 4.02. The third-order valence-electron chi connectivity index (χ3n) is 4.02. The first kappa shape index (κ1) is 18.2. The van der Waals surface area contributed by atoms with Crippen molar-refractivity contribution >= 4 is 16.5 Å². The standard InChI is InChI=1S/C18H12NO.C5H5.Fe/c1-2-7-13(6-1)15-12-17(18-10-5-11-20-18)19-16-9-4-3-8-14(15)16;1-2-4-5-3-1;/h1-12H;1-5H;. The number of benzene rings is 1. The van der Waals surface area contributed by atoms with Gasteiger partial charge in [0, 0.05) is 35.3 Å². The molecular formula is C23H17FeNO. The molecule has 0 N–H and O–H groups in total. The van der Waals surface area contributed by atoms with E-state index in [1.54, 1.807) is 6.26 Å². The second kappa shape index (κ2) is 8.66. The Bertz CT molecular complexity index is 984. The van der Waals surface area contributed by atoms with Crippen molar-refractivity contribution < 1.29 is 21.5 Å². The number of hydrogen-bond acceptors (Lipinski definition) is 2. The molecule has 3 aromatic rings. The van der Waals surface area contributed by atoms with Crippen molar-refractivity contribution in [1.82, 2.24) is 4.98 Å². The molecule has 2 radical (unpaired) electrons. The van der Waals surface area contributed by atoms with Gasteiger partial charge in [0.05, 0.1) is 11.8 Å². The monoisotopic (exact) mass is 379 g/mol. The summed E-state index contributed by atoms with van der Waals surface area (Å²) in [5, 5.41) is 1.16. The molecule has 2 aliphatic carbocycles. The van der Waals surface area contributed by atoms with Crippen molar-refractivity contribution in [3.8, 4) is 11.5 Å². The molecule has 2 nitrogen and oxygen atoms in total. The van der Waals surface area contributed by atoms with Crippen LogP contribution in [0.5, 0.6) is 0 Å². The van der Waals surface area contributed by atoms with Crippen LogP contribution in [-0.4, -0.2) is 4.98 Å². The topological polar surface area (TPSA) is 26.0 Å². The average Bonchev–Trinajstić information content (AvgIpc) is 3.46. The number of rotatable bonds is 2. The van der Waals surface area contributed by atoms with E-state index in [0.717, 1.165) is 22.4 Å². The number of hydrogen-bond donors (Lipinski definition) is 0. The number of aromatic nitrogens is 1. The molecule has 2 aromatic heterocycles. The molecule has 0 saturated carbocycles. The van der Waals surface area contributed by atoms with Crippen LogP contribution >= 0.6 is 0 Å². The number of para-hydroxylation sites is 1. The Hall–Kier alpha value is -2.61. The van der Waals surface area contributed by atoms with Crippen LogP contribution in [0.25, 0.3) is 27.9 Å². The van der Waals surface area contributed by atoms with E-state index in [9.17, 15) is 0 Å². The Morgan fingerprint density at radius 1 is 0.808 bits per heavy atom. The van der Waals surface area contributed by atoms with E-state index < -0.39 is 0 Å². The normalized spacial score (nSPS) is 14.1. The Labute approximate surface area is 164 Å². The van der Waals surface area contributed by atoms with E-state index in [-0.39, 0.29) is 17.1 Å². The van der Waals surface area contributed by atoms with Gasteiger partial charge in [0.1, 0.15) is 5.69 Å². The molecule has 0 saturated heterocycles. The van der Waals surface area contributed by atoms with Crippen molar-refractivity contribution in [3.05, 3.63) is 110 Å². The molecule has 0 fully saturated rings. The summed E-state index contributed by atoms with van der Waals surface area (Å²) >= 11 is 0. The summed E-state index contributed by atoms with van der Waals surface area (Å²) in [5.41, 5.74) is 4.24. The van der Waals surface area contributed by atoms with Crippen LogP contribution < -0.4 is 0 Å². The summed E-state index contributed by atoms with van der Waals surface area (Å²) in [7, 11) is 0. The fourth-order valence-electron chi connectivity index (χ4n) is 2.84. The zero-order valence-electron chi connectivity index (χ0n) is 14.0. The minimum atomic E-state index is 0. The van der Waals surface area contributed by atoms with E-state index in [4.69, 9.17) is 9.40 Å². The summed E-state index contributed by atoms with van der Waals surface area (Å²) < 4.78 is 5.48. The molecule has 2 aliphatic rings. The van der Waals surface area contributed by atoms with Gasteiger partial charge in [-0.2, -0.15) is 0 Å². The van der Waals surface area contributed by atoms with E-state index in [0.29, 0.717) is 0 Å². The van der Waals surface area contributed by atoms with Crippen LogP contribution in [0, 0.1) is 12.8 Å². The summed E-state index contributed by atoms with van der Waals surface area (Å²) in [6, 6.07) is 14.1. The van der Waals surface area contributed by atoms with Crippen LogP contribution in [0.4, 0.5) is 0 Å². The predicted molar refractivity (Wildman–Crippen MR) is 103 cm³/mol. The second-order valence-corrected chi connectivity index (χ2v) is 5.69. The smallest absolute Gasteiger partial charge is 0.152 e. The van der Waals surface area contributed by atoms with Gasteiger partial charge in [-0.25, -0.2) is 4.98 Å². The molecule has 3 heteroatoms. The van der Waals surface area contributed by atoms with Crippen molar-refractivity contribution in [3.63, 3.8) is 0 Å². The molecule has 0 spiro atoms. The number of fused-ring (bicyclic) bond motifs is 1. The largest absolute Gasteiger partial charge is 0.463 e. The Morgan fingerprint density at radius 3 is 2.31 bits per heavy atom. The van der Waals surface area contributed by atoms with Gasteiger partial charge in [-0.3, -0.25) is 0 Å². The van der Waals surface area contributed by atoms with Crippen LogP contribution in [-0.2, 0) is 17.1 Å². The van der Waals surface area contributed by atoms with E-state index in [1.165, 1.54) is 11.1 Å². The van der Waals surface area contributed by atoms with Gasteiger partial charge >= 0.3 is 0 Å². The number of pyridine rings is 1. The van der Waals surface area contributed by atoms with E-state index in [2.05, 4.69) is 36.8 Å². The van der Waals surface area contributed by atoms with Crippen molar-refractivity contribution in [2.24, 2.45) is 0 Å². The zero-order chi connectivity index (χ0) is 16.9. The van der Waals surface area contributed by atoms with Gasteiger partial charge < -0.3 is 4.42 Å². The zero-order valence-corrected chi connectivity index (χ0v) is 15.1. The maximum absolute atomic E-state index is 5.48. The van der Waals surface area contributed by atoms with Gasteiger partial charge in [-0.15, -0.1) is 0 Å². The summed E-state index contributed by atoms with van der Waals surface area (Å²) in [6.07, 6.45) is 20.0. The van der Waals surface area contributed by atoms with Crippen molar-refractivity contribution in [2.75, 3.05) is 0 Å². The molecule has 5 rings (SSSR count). The number of nitrogens with zero attached hydrogens (tertiary/aromatic N) is 1. The molecule has 0 bridgehead atoms. The fraction of sp³-hybridized carbons (Fsp3) is 0. The molecule has 1 aromatic carbocycles. The molecule has 2 heterocycles. The van der Waals surface area contributed by atoms with E-state index in [1.807, 2.05) is 61.1 Å². The first-order valence-corrected chi connectivity index (χ1v) is 8.24. The van der Waals surface area contributed by atoms with Gasteiger partial charge in [-0.05, 0) is 35.4 Å². The van der Waals surface area contributed by atoms with Crippen LogP contribution in [0.3, 0.4) is 0 Å². The summed E-state index contributed by atoms with van der Waals surface area (Å²) in [5.74, 6) is 0.795. The van der Waals surface area contributed by atoms with Crippen LogP contribution in [0.15, 0.2) is 95.7 Å². The molecular weight excluding hydrogens is 362 g/mol. The minimum Gasteiger partial charge on any atom is -0.463 e. The van der Waals surface area contributed by atoms with Crippen molar-refractivity contribution in [1.29, 1.82) is 0 Å². The molecule has 128 valence electrons. The van der Waals surface area contributed by atoms with Gasteiger partial charge in [0.15, 0.2) is 5.76 Å². The number of allylic oxidation sites excluding steroid dienone is 8. The van der Waals surface area contributed by atoms with E-state index >= 15 is 0 Å². The SMILES string of the molecule is [CH]1C=CC(c2cc(-c3ccco3)nc3ccccc23)=C1.[CH]1C=CC=C1.[Fe]. The predicted octanol–water partition coefficient (Wildman–Crippen LogP) is 5.97. The van der Waals surface area contributed by atoms with Gasteiger partial charge in [-0.1, -0.05) is 60.7 Å². The minimum absolute atomic E-state index is 0. The number of furan rings is 1. The maximum atomic E-state index is 5.48. The van der Waals surface area contributed by atoms with Crippen LogP contribution in [0.2, 0.25) is 0 Å². The first-order chi connectivity index (χ1) is 12.4. The van der Waals surface area contributed by atoms with Gasteiger partial charge in [0.25, 0.3) is 0 Å². The van der Waals surface area contributed by atoms with Crippen LogP contribution in [0.1, 0.15) is 5.56 Å². The Balaban J connectivity index is 0.000000285. The molecule has 0 aliphatic heterocycles. The average molecular weight is 379 g/mol.